The molecule has 22 rings (SSSR count). The number of pyridine rings is 5. The Morgan fingerprint density at radius 3 is 1.12 bits per heavy atom. The van der Waals surface area contributed by atoms with Gasteiger partial charge >= 0.3 is 0 Å². The maximum absolute atomic E-state index is 4.93. The Morgan fingerprint density at radius 2 is 0.661 bits per heavy atom. The summed E-state index contributed by atoms with van der Waals surface area (Å²) in [6, 6.07) is 104. The van der Waals surface area contributed by atoms with Crippen molar-refractivity contribution in [3.63, 3.8) is 0 Å². The van der Waals surface area contributed by atoms with Crippen molar-refractivity contribution in [1.82, 2.24) is 43.2 Å². The lowest BCUT2D eigenvalue weighted by Crippen LogP contribution is -2.14. The van der Waals surface area contributed by atoms with Gasteiger partial charge in [0.25, 0.3) is 0 Å². The SMILES string of the molecule is CC1(C)c2ccccc2-c2c1ccc1c2ccn1-c1cc(-c2ccccn2)nc(-c2ccccn2)c1.CC1(C)c2ccccc2-c2c1ccc1c2ccn1-c1cc(-c2cccnc2)cc(-c2cccnc2)c1.CC1(C)c2ccccc2-c2c1ccc1c2ccn1-c1ccc2c(c1)c1ccccc1n2-c1ccccc1. The predicted octanol–water partition coefficient (Wildman–Crippen LogP) is 24.6. The van der Waals surface area contributed by atoms with Crippen molar-refractivity contribution in [1.29, 1.82) is 0 Å². The molecule has 520 valence electrons. The third-order valence-electron chi connectivity index (χ3n) is 23.3. The zero-order valence-corrected chi connectivity index (χ0v) is 61.4. The first-order chi connectivity index (χ1) is 53.3. The van der Waals surface area contributed by atoms with Crippen LogP contribution in [-0.2, 0) is 16.2 Å². The third-order valence-corrected chi connectivity index (χ3v) is 23.3. The first kappa shape index (κ1) is 64.9. The van der Waals surface area contributed by atoms with E-state index in [1.807, 2.05) is 73.3 Å². The van der Waals surface area contributed by atoms with Gasteiger partial charge in [-0.1, -0.05) is 193 Å². The van der Waals surface area contributed by atoms with Crippen LogP contribution in [0.5, 0.6) is 0 Å². The summed E-state index contributed by atoms with van der Waals surface area (Å²) in [5.74, 6) is 0. The smallest absolute Gasteiger partial charge is 0.0915 e. The van der Waals surface area contributed by atoms with E-state index in [1.54, 1.807) is 12.4 Å². The van der Waals surface area contributed by atoms with Gasteiger partial charge in [-0.3, -0.25) is 19.9 Å². The number of hydrogen-bond acceptors (Lipinski definition) is 5. The van der Waals surface area contributed by atoms with Crippen LogP contribution in [-0.4, -0.2) is 43.2 Å². The first-order valence-electron chi connectivity index (χ1n) is 37.5. The number of aromatic nitrogens is 9. The molecule has 0 amide bonds. The topological polar surface area (TPSA) is 84.2 Å². The lowest BCUT2D eigenvalue weighted by Gasteiger charge is -2.21. The Kier molecular flexibility index (Phi) is 15.1. The molecular weight excluding hydrogens is 1330 g/mol. The highest BCUT2D eigenvalue weighted by Crippen LogP contribution is 2.55. The fraction of sp³-hybridized carbons (Fsp3) is 0.0900. The fourth-order valence-electron chi connectivity index (χ4n) is 18.0. The van der Waals surface area contributed by atoms with E-state index in [1.165, 1.54) is 133 Å². The lowest BCUT2D eigenvalue weighted by molar-refractivity contribution is 0.660. The van der Waals surface area contributed by atoms with E-state index in [2.05, 4.69) is 341 Å². The van der Waals surface area contributed by atoms with Crippen molar-refractivity contribution in [3.8, 4) is 101 Å². The molecule has 19 aromatic rings. The molecule has 3 aliphatic carbocycles. The van der Waals surface area contributed by atoms with E-state index in [4.69, 9.17) is 4.98 Å². The second-order valence-electron chi connectivity index (χ2n) is 30.5. The van der Waals surface area contributed by atoms with Crippen LogP contribution in [0, 0.1) is 0 Å². The molecule has 0 unspecified atom stereocenters. The molecule has 9 heteroatoms. The van der Waals surface area contributed by atoms with Gasteiger partial charge in [-0.15, -0.1) is 0 Å². The Balaban J connectivity index is 0.000000107. The maximum atomic E-state index is 4.93. The van der Waals surface area contributed by atoms with Crippen LogP contribution in [0.15, 0.2) is 347 Å². The highest BCUT2D eigenvalue weighted by Gasteiger charge is 2.39. The lowest BCUT2D eigenvalue weighted by atomic mass is 9.82. The number of benzene rings is 10. The highest BCUT2D eigenvalue weighted by atomic mass is 15.0. The molecule has 10 aromatic carbocycles. The number of para-hydroxylation sites is 2. The summed E-state index contributed by atoms with van der Waals surface area (Å²) in [5, 5.41) is 6.42. The van der Waals surface area contributed by atoms with Crippen LogP contribution in [0.25, 0.3) is 156 Å². The minimum atomic E-state index is -0.0167. The normalized spacial score (nSPS) is 13.6. The predicted molar refractivity (Wildman–Crippen MR) is 448 cm³/mol. The Labute approximate surface area is 633 Å². The molecular formula is C100H75N9. The molecule has 0 spiro atoms. The molecule has 3 aliphatic rings. The van der Waals surface area contributed by atoms with Gasteiger partial charge in [-0.25, -0.2) is 4.98 Å². The third kappa shape index (κ3) is 10.5. The number of hydrogen-bond donors (Lipinski definition) is 0. The van der Waals surface area contributed by atoms with Gasteiger partial charge in [-0.2, -0.15) is 0 Å². The van der Waals surface area contributed by atoms with Gasteiger partial charge in [0.15, 0.2) is 0 Å². The Hall–Kier alpha value is -13.6. The van der Waals surface area contributed by atoms with E-state index in [0.29, 0.717) is 0 Å². The molecule has 0 saturated heterocycles. The molecule has 109 heavy (non-hydrogen) atoms. The van der Waals surface area contributed by atoms with Gasteiger partial charge in [0.2, 0.25) is 0 Å². The molecule has 9 aromatic heterocycles. The molecule has 0 atom stereocenters. The monoisotopic (exact) mass is 1400 g/mol. The summed E-state index contributed by atoms with van der Waals surface area (Å²) in [7, 11) is 0. The van der Waals surface area contributed by atoms with Crippen molar-refractivity contribution in [2.75, 3.05) is 0 Å². The van der Waals surface area contributed by atoms with Crippen LogP contribution in [0.3, 0.4) is 0 Å². The molecule has 0 bridgehead atoms. The maximum Gasteiger partial charge on any atom is 0.0915 e. The summed E-state index contributed by atoms with van der Waals surface area (Å²) in [5.41, 5.74) is 34.9. The Bertz CT molecular complexity index is 6420. The minimum absolute atomic E-state index is 0.00405. The largest absolute Gasteiger partial charge is 0.317 e. The number of rotatable bonds is 8. The van der Waals surface area contributed by atoms with Crippen LogP contribution in [0.2, 0.25) is 0 Å². The fourth-order valence-corrected chi connectivity index (χ4v) is 18.0. The summed E-state index contributed by atoms with van der Waals surface area (Å²) < 4.78 is 9.28. The van der Waals surface area contributed by atoms with Gasteiger partial charge in [0.05, 0.1) is 50.4 Å². The summed E-state index contributed by atoms with van der Waals surface area (Å²) in [4.78, 5) is 22.8. The molecule has 0 saturated carbocycles. The van der Waals surface area contributed by atoms with Crippen molar-refractivity contribution in [3.05, 3.63) is 380 Å². The van der Waals surface area contributed by atoms with E-state index in [0.717, 1.165) is 56.4 Å². The van der Waals surface area contributed by atoms with E-state index < -0.39 is 0 Å². The number of nitrogens with zero attached hydrogens (tertiary/aromatic N) is 9. The summed E-state index contributed by atoms with van der Waals surface area (Å²) in [6.07, 6.45) is 17.7. The van der Waals surface area contributed by atoms with Crippen LogP contribution in [0.1, 0.15) is 74.9 Å². The molecule has 9 nitrogen and oxygen atoms in total. The van der Waals surface area contributed by atoms with E-state index in [9.17, 15) is 0 Å². The van der Waals surface area contributed by atoms with Crippen molar-refractivity contribution < 1.29 is 0 Å². The van der Waals surface area contributed by atoms with Crippen molar-refractivity contribution >= 4 is 54.5 Å². The first-order valence-corrected chi connectivity index (χ1v) is 37.5. The number of fused-ring (bicyclic) bond motifs is 18. The average Bonchev–Trinajstić information content (AvgIpc) is 1.57. The average molecular weight is 1400 g/mol. The molecule has 0 N–H and O–H groups in total. The van der Waals surface area contributed by atoms with Gasteiger partial charge in [0, 0.05) is 133 Å². The standard InChI is InChI=1S/C35H26N2.C33H25N3.C32H24N4/c1-35(2)29-14-8-6-13-26(29)34-27-20-21-36(31(27)19-17-30(34)35)24-16-18-33-28(22-24)25-12-7-9-15-32(25)37(33)23-10-4-3-5-11-23;1-33(2)29-10-4-3-9-27(29)32-28-13-16-36(31(28)12-11-30(32)33)26-18-24(22-7-5-14-34-20-22)17-25(19-26)23-8-6-15-35-21-23;1-32(2)24-10-4-3-9-22(24)31-23-15-18-36(30(23)14-13-25(31)32)21-19-28(26-11-5-7-16-33-26)35-29(20-21)27-12-6-8-17-34-27/h3-22H,1-2H3;3-21H,1-2H3;3-20H,1-2H3. The second kappa shape index (κ2) is 25.3. The minimum Gasteiger partial charge on any atom is -0.317 e. The summed E-state index contributed by atoms with van der Waals surface area (Å²) in [6.45, 7) is 14.0. The Morgan fingerprint density at radius 1 is 0.248 bits per heavy atom. The highest BCUT2D eigenvalue weighted by molar-refractivity contribution is 6.11. The van der Waals surface area contributed by atoms with Crippen molar-refractivity contribution in [2.24, 2.45) is 0 Å². The van der Waals surface area contributed by atoms with Gasteiger partial charge < -0.3 is 18.3 Å². The molecule has 9 heterocycles. The van der Waals surface area contributed by atoms with Gasteiger partial charge in [0.1, 0.15) is 0 Å². The molecule has 0 fully saturated rings. The van der Waals surface area contributed by atoms with Gasteiger partial charge in [-0.05, 0) is 217 Å². The zero-order valence-electron chi connectivity index (χ0n) is 61.4. The van der Waals surface area contributed by atoms with Crippen molar-refractivity contribution in [2.45, 2.75) is 57.8 Å². The quantitative estimate of drug-likeness (QED) is 0.151. The van der Waals surface area contributed by atoms with Crippen LogP contribution in [0.4, 0.5) is 0 Å². The van der Waals surface area contributed by atoms with Crippen LogP contribution >= 0.6 is 0 Å². The zero-order chi connectivity index (χ0) is 73.3. The van der Waals surface area contributed by atoms with E-state index >= 15 is 0 Å². The van der Waals surface area contributed by atoms with Crippen LogP contribution < -0.4 is 0 Å². The molecule has 0 radical (unpaired) electrons. The molecule has 0 aliphatic heterocycles. The van der Waals surface area contributed by atoms with E-state index in [-0.39, 0.29) is 16.2 Å². The summed E-state index contributed by atoms with van der Waals surface area (Å²) >= 11 is 0. The second-order valence-corrected chi connectivity index (χ2v) is 30.5.